The molecule has 1 aliphatic heterocycles. The van der Waals surface area contributed by atoms with E-state index in [9.17, 15) is 22.8 Å². The molecule has 2 aromatic rings. The molecule has 0 spiro atoms. The smallest absolute Gasteiger partial charge is 0.329 e. The lowest BCUT2D eigenvalue weighted by Crippen LogP contribution is -2.35. The first-order valence-corrected chi connectivity index (χ1v) is 8.93. The van der Waals surface area contributed by atoms with Crippen LogP contribution >= 0.6 is 0 Å². The second-order valence-corrected chi connectivity index (χ2v) is 6.91. The molecular formula is C20H21F3N2O2. The second kappa shape index (κ2) is 8.08. The Morgan fingerprint density at radius 3 is 2.48 bits per heavy atom. The van der Waals surface area contributed by atoms with Crippen molar-refractivity contribution in [3.63, 3.8) is 0 Å². The van der Waals surface area contributed by atoms with Crippen molar-refractivity contribution >= 4 is 5.78 Å². The Morgan fingerprint density at radius 1 is 1.11 bits per heavy atom. The molecule has 1 fully saturated rings. The van der Waals surface area contributed by atoms with Crippen molar-refractivity contribution in [2.75, 3.05) is 13.1 Å². The molecule has 3 rings (SSSR count). The number of carbonyl (C=O) groups excluding carboxylic acids is 1. The zero-order valence-corrected chi connectivity index (χ0v) is 14.8. The molecule has 1 aromatic carbocycles. The van der Waals surface area contributed by atoms with Crippen LogP contribution in [-0.2, 0) is 12.7 Å². The average Bonchev–Trinajstić information content (AvgIpc) is 2.64. The van der Waals surface area contributed by atoms with Crippen LogP contribution in [0, 0.1) is 5.92 Å². The molecule has 144 valence electrons. The quantitative estimate of drug-likeness (QED) is 0.804. The summed E-state index contributed by atoms with van der Waals surface area (Å²) in [4.78, 5) is 29.0. The number of nitrogens with one attached hydrogen (secondary N) is 1. The van der Waals surface area contributed by atoms with E-state index in [2.05, 4.69) is 9.88 Å². The largest absolute Gasteiger partial charge is 0.417 e. The summed E-state index contributed by atoms with van der Waals surface area (Å²) in [5, 5.41) is 0. The third-order valence-electron chi connectivity index (χ3n) is 5.01. The van der Waals surface area contributed by atoms with E-state index in [1.807, 2.05) is 0 Å². The maximum absolute atomic E-state index is 13.1. The van der Waals surface area contributed by atoms with Crippen molar-refractivity contribution in [3.05, 3.63) is 69.6 Å². The molecule has 0 aliphatic carbocycles. The summed E-state index contributed by atoms with van der Waals surface area (Å²) in [6, 6.07) is 8.52. The van der Waals surface area contributed by atoms with Gasteiger partial charge in [0.15, 0.2) is 5.78 Å². The fraction of sp³-hybridized carbons (Fsp3) is 0.400. The summed E-state index contributed by atoms with van der Waals surface area (Å²) in [6.45, 7) is 1.97. The Morgan fingerprint density at radius 2 is 1.81 bits per heavy atom. The van der Waals surface area contributed by atoms with Gasteiger partial charge in [0.05, 0.1) is 5.56 Å². The van der Waals surface area contributed by atoms with Crippen molar-refractivity contribution in [1.82, 2.24) is 9.88 Å². The Bertz CT molecular complexity index is 853. The minimum atomic E-state index is -4.53. The number of pyridine rings is 1. The molecule has 27 heavy (non-hydrogen) atoms. The SMILES string of the molecule is O=C(CC1CCN(Cc2ccc[nH]c2=O)CC1)c1ccccc1C(F)(F)F. The molecule has 2 heterocycles. The number of ketones is 1. The number of likely N-dealkylation sites (tertiary alicyclic amines) is 1. The van der Waals surface area contributed by atoms with Gasteiger partial charge in [-0.2, -0.15) is 13.2 Å². The van der Waals surface area contributed by atoms with Gasteiger partial charge in [-0.05, 0) is 44.0 Å². The van der Waals surface area contributed by atoms with Gasteiger partial charge in [-0.3, -0.25) is 14.5 Å². The van der Waals surface area contributed by atoms with Crippen molar-refractivity contribution in [2.24, 2.45) is 5.92 Å². The Labute approximate surface area is 155 Å². The van der Waals surface area contributed by atoms with Crippen LogP contribution in [0.5, 0.6) is 0 Å². The predicted octanol–water partition coefficient (Wildman–Crippen LogP) is 3.88. The fourth-order valence-corrected chi connectivity index (χ4v) is 3.52. The summed E-state index contributed by atoms with van der Waals surface area (Å²) < 4.78 is 39.3. The highest BCUT2D eigenvalue weighted by Gasteiger charge is 2.35. The van der Waals surface area contributed by atoms with Crippen LogP contribution in [0.1, 0.15) is 40.7 Å². The maximum atomic E-state index is 13.1. The third-order valence-corrected chi connectivity index (χ3v) is 5.01. The van der Waals surface area contributed by atoms with E-state index >= 15 is 0 Å². The molecule has 1 aliphatic rings. The highest BCUT2D eigenvalue weighted by atomic mass is 19.4. The Balaban J connectivity index is 1.58. The number of hydrogen-bond acceptors (Lipinski definition) is 3. The minimum absolute atomic E-state index is 0.0593. The van der Waals surface area contributed by atoms with Crippen molar-refractivity contribution in [1.29, 1.82) is 0 Å². The number of H-pyrrole nitrogens is 1. The molecule has 1 saturated heterocycles. The van der Waals surface area contributed by atoms with E-state index in [0.717, 1.165) is 18.9 Å². The van der Waals surface area contributed by atoms with Crippen molar-refractivity contribution < 1.29 is 18.0 Å². The molecule has 1 N–H and O–H groups in total. The van der Waals surface area contributed by atoms with E-state index in [-0.39, 0.29) is 23.5 Å². The lowest BCUT2D eigenvalue weighted by atomic mass is 9.88. The van der Waals surface area contributed by atoms with E-state index in [4.69, 9.17) is 0 Å². The molecule has 0 bridgehead atoms. The van der Waals surface area contributed by atoms with Crippen LogP contribution < -0.4 is 5.56 Å². The monoisotopic (exact) mass is 378 g/mol. The van der Waals surface area contributed by atoms with Gasteiger partial charge in [0, 0.05) is 30.3 Å². The third kappa shape index (κ3) is 4.86. The van der Waals surface area contributed by atoms with Crippen LogP contribution in [0.2, 0.25) is 0 Å². The van der Waals surface area contributed by atoms with E-state index in [0.29, 0.717) is 25.2 Å². The predicted molar refractivity (Wildman–Crippen MR) is 95.5 cm³/mol. The summed E-state index contributed by atoms with van der Waals surface area (Å²) in [5.74, 6) is -0.398. The number of piperidine rings is 1. The molecule has 7 heteroatoms. The van der Waals surface area contributed by atoms with Crippen molar-refractivity contribution in [2.45, 2.75) is 32.0 Å². The number of aromatic amines is 1. The number of halogens is 3. The van der Waals surface area contributed by atoms with Gasteiger partial charge in [0.1, 0.15) is 0 Å². The first-order chi connectivity index (χ1) is 12.8. The number of aromatic nitrogens is 1. The molecule has 1 aromatic heterocycles. The number of carbonyl (C=O) groups is 1. The van der Waals surface area contributed by atoms with E-state index in [1.54, 1.807) is 18.3 Å². The fourth-order valence-electron chi connectivity index (χ4n) is 3.52. The van der Waals surface area contributed by atoms with Crippen LogP contribution in [0.15, 0.2) is 47.4 Å². The van der Waals surface area contributed by atoms with Crippen LogP contribution in [0.3, 0.4) is 0 Å². The van der Waals surface area contributed by atoms with Gasteiger partial charge in [0.25, 0.3) is 5.56 Å². The molecular weight excluding hydrogens is 357 g/mol. The van der Waals surface area contributed by atoms with Crippen molar-refractivity contribution in [3.8, 4) is 0 Å². The standard InChI is InChI=1S/C20H21F3N2O2/c21-20(22,23)17-6-2-1-5-16(17)18(26)12-14-7-10-25(11-8-14)13-15-4-3-9-24-19(15)27/h1-6,9,14H,7-8,10-13H2,(H,24,27). The van der Waals surface area contributed by atoms with Crippen LogP contribution in [0.4, 0.5) is 13.2 Å². The molecule has 0 unspecified atom stereocenters. The van der Waals surface area contributed by atoms with E-state index in [1.165, 1.54) is 18.2 Å². The van der Waals surface area contributed by atoms with Crippen LogP contribution in [-0.4, -0.2) is 28.8 Å². The van der Waals surface area contributed by atoms with Gasteiger partial charge in [0.2, 0.25) is 0 Å². The van der Waals surface area contributed by atoms with Gasteiger partial charge < -0.3 is 4.98 Å². The number of Topliss-reactive ketones (excluding diaryl/α,β-unsaturated/α-hetero) is 1. The van der Waals surface area contributed by atoms with E-state index < -0.39 is 17.5 Å². The molecule has 0 atom stereocenters. The second-order valence-electron chi connectivity index (χ2n) is 6.91. The molecule has 0 amide bonds. The maximum Gasteiger partial charge on any atom is 0.417 e. The molecule has 0 saturated carbocycles. The summed E-state index contributed by atoms with van der Waals surface area (Å²) in [5.41, 5.74) is -0.538. The Hall–Kier alpha value is -2.41. The summed E-state index contributed by atoms with van der Waals surface area (Å²) in [7, 11) is 0. The lowest BCUT2D eigenvalue weighted by Gasteiger charge is -2.31. The summed E-state index contributed by atoms with van der Waals surface area (Å²) >= 11 is 0. The lowest BCUT2D eigenvalue weighted by molar-refractivity contribution is -0.137. The average molecular weight is 378 g/mol. The van der Waals surface area contributed by atoms with Crippen LogP contribution in [0.25, 0.3) is 0 Å². The first kappa shape index (κ1) is 19.4. The zero-order valence-electron chi connectivity index (χ0n) is 14.8. The van der Waals surface area contributed by atoms with Gasteiger partial charge >= 0.3 is 6.18 Å². The number of alkyl halides is 3. The number of benzene rings is 1. The normalized spacial score (nSPS) is 16.4. The Kier molecular flexibility index (Phi) is 5.79. The topological polar surface area (TPSA) is 53.2 Å². The highest BCUT2D eigenvalue weighted by molar-refractivity contribution is 5.97. The van der Waals surface area contributed by atoms with Gasteiger partial charge in [-0.25, -0.2) is 0 Å². The molecule has 0 radical (unpaired) electrons. The summed E-state index contributed by atoms with van der Waals surface area (Å²) in [6.07, 6.45) is -1.37. The number of nitrogens with zero attached hydrogens (tertiary/aromatic N) is 1. The van der Waals surface area contributed by atoms with Gasteiger partial charge in [-0.15, -0.1) is 0 Å². The van der Waals surface area contributed by atoms with Gasteiger partial charge in [-0.1, -0.05) is 24.3 Å². The zero-order chi connectivity index (χ0) is 19.4. The first-order valence-electron chi connectivity index (χ1n) is 8.93. The number of rotatable bonds is 5. The highest BCUT2D eigenvalue weighted by Crippen LogP contribution is 2.33. The molecule has 4 nitrogen and oxygen atoms in total. The minimum Gasteiger partial charge on any atom is -0.329 e. The number of hydrogen-bond donors (Lipinski definition) is 1.